The molecule has 0 unspecified atom stereocenters. The van der Waals surface area contributed by atoms with Gasteiger partial charge in [0.2, 0.25) is 5.91 Å². The quantitative estimate of drug-likeness (QED) is 0.377. The van der Waals surface area contributed by atoms with E-state index in [2.05, 4.69) is 5.32 Å². The lowest BCUT2D eigenvalue weighted by atomic mass is 9.85. The Bertz CT molecular complexity index is 424. The number of thioether (sulfide) groups is 2. The van der Waals surface area contributed by atoms with Gasteiger partial charge in [-0.3, -0.25) is 20.4 Å². The van der Waals surface area contributed by atoms with Crippen molar-refractivity contribution in [2.45, 2.75) is 38.5 Å². The van der Waals surface area contributed by atoms with Gasteiger partial charge in [0.15, 0.2) is 10.3 Å². The van der Waals surface area contributed by atoms with Crippen LogP contribution in [0.3, 0.4) is 0 Å². The highest BCUT2D eigenvalue weighted by molar-refractivity contribution is 8.13. The highest BCUT2D eigenvalue weighted by Gasteiger charge is 2.25. The summed E-state index contributed by atoms with van der Waals surface area (Å²) in [5, 5.41) is 24.9. The van der Waals surface area contributed by atoms with Gasteiger partial charge in [-0.15, -0.1) is 0 Å². The molecule has 2 rings (SSSR count). The van der Waals surface area contributed by atoms with Gasteiger partial charge in [0.05, 0.1) is 5.92 Å². The van der Waals surface area contributed by atoms with E-state index >= 15 is 0 Å². The van der Waals surface area contributed by atoms with E-state index in [4.69, 9.17) is 21.7 Å². The molecule has 2 fully saturated rings. The van der Waals surface area contributed by atoms with Gasteiger partial charge >= 0.3 is 5.97 Å². The number of carbonyl (C=O) groups is 2. The van der Waals surface area contributed by atoms with Crippen LogP contribution in [0.4, 0.5) is 0 Å². The van der Waals surface area contributed by atoms with Crippen molar-refractivity contribution in [1.82, 2.24) is 5.32 Å². The molecule has 2 aliphatic carbocycles. The Kier molecular flexibility index (Phi) is 11.6. The van der Waals surface area contributed by atoms with E-state index in [1.807, 2.05) is 0 Å². The maximum atomic E-state index is 11.1. The van der Waals surface area contributed by atoms with E-state index < -0.39 is 5.97 Å². The summed E-state index contributed by atoms with van der Waals surface area (Å²) in [5.41, 5.74) is 4.84. The lowest BCUT2D eigenvalue weighted by Gasteiger charge is -2.23. The first-order chi connectivity index (χ1) is 10.8. The zero-order valence-electron chi connectivity index (χ0n) is 13.6. The minimum atomic E-state index is -0.619. The van der Waals surface area contributed by atoms with E-state index in [0.29, 0.717) is 0 Å². The van der Waals surface area contributed by atoms with Gasteiger partial charge in [-0.25, -0.2) is 0 Å². The first-order valence-electron chi connectivity index (χ1n) is 7.36. The van der Waals surface area contributed by atoms with Crippen molar-refractivity contribution in [2.75, 3.05) is 12.5 Å². The van der Waals surface area contributed by atoms with E-state index in [0.717, 1.165) is 38.5 Å². The molecule has 0 aliphatic heterocycles. The second-order valence-electron chi connectivity index (χ2n) is 5.18. The third-order valence-electron chi connectivity index (χ3n) is 3.59. The standard InChI is InChI=1S/C7H12N2OS.C5H8O2.C2H6N2S/c1-11-7(8)9-6(10)5-3-2-4-5;6-5(7)4-2-1-3-4;1-5-2(3)4/h5H,2-4H2,1H3,(H2,8,9,10);4H,1-3H2,(H,6,7);1H3,(H3,3,4). The molecule has 2 saturated carbocycles. The van der Waals surface area contributed by atoms with Crippen LogP contribution in [0.15, 0.2) is 0 Å². The molecule has 0 spiro atoms. The summed E-state index contributed by atoms with van der Waals surface area (Å²) in [6.07, 6.45) is 9.60. The van der Waals surface area contributed by atoms with E-state index in [-0.39, 0.29) is 28.1 Å². The summed E-state index contributed by atoms with van der Waals surface area (Å²) in [4.78, 5) is 21.1. The molecule has 2 aliphatic rings. The molecule has 1 amide bonds. The molecular formula is C14H26N4O3S2. The van der Waals surface area contributed by atoms with E-state index in [1.54, 1.807) is 12.5 Å². The Morgan fingerprint density at radius 1 is 1.04 bits per heavy atom. The van der Waals surface area contributed by atoms with Crippen LogP contribution in [0.5, 0.6) is 0 Å². The van der Waals surface area contributed by atoms with Crippen LogP contribution in [0.1, 0.15) is 38.5 Å². The number of amidine groups is 2. The SMILES string of the molecule is CSC(=N)N.CSC(=N)NC(=O)C1CCC1.O=C(O)C1CCC1. The van der Waals surface area contributed by atoms with Gasteiger partial charge in [0.1, 0.15) is 0 Å². The number of nitrogens with two attached hydrogens (primary N) is 1. The normalized spacial score (nSPS) is 16.3. The topological polar surface area (TPSA) is 140 Å². The second kappa shape index (κ2) is 12.2. The van der Waals surface area contributed by atoms with Crippen LogP contribution in [-0.2, 0) is 9.59 Å². The molecule has 23 heavy (non-hydrogen) atoms. The van der Waals surface area contributed by atoms with E-state index in [9.17, 15) is 9.59 Å². The third-order valence-corrected chi connectivity index (χ3v) is 4.54. The number of rotatable bonds is 2. The van der Waals surface area contributed by atoms with Crippen LogP contribution >= 0.6 is 23.5 Å². The lowest BCUT2D eigenvalue weighted by molar-refractivity contribution is -0.144. The zero-order valence-corrected chi connectivity index (χ0v) is 15.2. The monoisotopic (exact) mass is 362 g/mol. The van der Waals surface area contributed by atoms with Gasteiger partial charge < -0.3 is 16.2 Å². The molecule has 0 radical (unpaired) electrons. The highest BCUT2D eigenvalue weighted by Crippen LogP contribution is 2.26. The lowest BCUT2D eigenvalue weighted by Crippen LogP contribution is -2.36. The first-order valence-corrected chi connectivity index (χ1v) is 9.81. The maximum absolute atomic E-state index is 11.1. The first kappa shape index (κ1) is 21.8. The van der Waals surface area contributed by atoms with Crippen molar-refractivity contribution in [1.29, 1.82) is 10.8 Å². The fourth-order valence-corrected chi connectivity index (χ4v) is 1.79. The van der Waals surface area contributed by atoms with Crippen LogP contribution in [0, 0.1) is 22.7 Å². The number of aliphatic carboxylic acids is 1. The van der Waals surface area contributed by atoms with Gasteiger partial charge in [-0.05, 0) is 38.2 Å². The minimum absolute atomic E-state index is 0.000000000000000444. The molecule has 0 aromatic carbocycles. The molecule has 7 nitrogen and oxygen atoms in total. The highest BCUT2D eigenvalue weighted by atomic mass is 32.2. The number of hydrogen-bond donors (Lipinski definition) is 5. The van der Waals surface area contributed by atoms with E-state index in [1.165, 1.54) is 23.5 Å². The van der Waals surface area contributed by atoms with Crippen molar-refractivity contribution in [2.24, 2.45) is 17.6 Å². The van der Waals surface area contributed by atoms with Crippen LogP contribution < -0.4 is 11.1 Å². The van der Waals surface area contributed by atoms with Crippen molar-refractivity contribution in [3.8, 4) is 0 Å². The number of carboxylic acid groups (broad SMARTS) is 1. The second-order valence-corrected chi connectivity index (χ2v) is 6.85. The molecule has 0 bridgehead atoms. The Labute approximate surface area is 145 Å². The average molecular weight is 363 g/mol. The molecular weight excluding hydrogens is 336 g/mol. The largest absolute Gasteiger partial charge is 0.481 e. The summed E-state index contributed by atoms with van der Waals surface area (Å²) in [6.45, 7) is 0. The predicted molar refractivity (Wildman–Crippen MR) is 97.1 cm³/mol. The Balaban J connectivity index is 0.000000347. The maximum Gasteiger partial charge on any atom is 0.306 e. The van der Waals surface area contributed by atoms with Gasteiger partial charge in [-0.2, -0.15) is 0 Å². The molecule has 132 valence electrons. The van der Waals surface area contributed by atoms with Gasteiger partial charge in [-0.1, -0.05) is 36.4 Å². The van der Waals surface area contributed by atoms with Crippen molar-refractivity contribution in [3.05, 3.63) is 0 Å². The molecule has 0 atom stereocenters. The Hall–Kier alpha value is -1.22. The average Bonchev–Trinajstić information content (AvgIpc) is 2.35. The smallest absolute Gasteiger partial charge is 0.306 e. The van der Waals surface area contributed by atoms with Crippen molar-refractivity contribution >= 4 is 45.7 Å². The molecule has 9 heteroatoms. The molecule has 0 aromatic rings. The summed E-state index contributed by atoms with van der Waals surface area (Å²) in [7, 11) is 0. The number of nitrogens with one attached hydrogen (secondary N) is 3. The predicted octanol–water partition coefficient (Wildman–Crippen LogP) is 2.31. The van der Waals surface area contributed by atoms with Crippen LogP contribution in [0.25, 0.3) is 0 Å². The number of hydrogen-bond acceptors (Lipinski definition) is 6. The molecule has 6 N–H and O–H groups in total. The summed E-state index contributed by atoms with van der Waals surface area (Å²) < 4.78 is 0. The summed E-state index contributed by atoms with van der Waals surface area (Å²) in [5.74, 6) is -0.413. The zero-order chi connectivity index (χ0) is 17.8. The molecule has 0 heterocycles. The fourth-order valence-electron chi connectivity index (χ4n) is 1.59. The number of amides is 1. The Morgan fingerprint density at radius 3 is 1.65 bits per heavy atom. The van der Waals surface area contributed by atoms with Gasteiger partial charge in [0.25, 0.3) is 0 Å². The molecule has 0 saturated heterocycles. The number of carboxylic acids is 1. The van der Waals surface area contributed by atoms with Crippen molar-refractivity contribution < 1.29 is 14.7 Å². The third kappa shape index (κ3) is 10.2. The fraction of sp³-hybridized carbons (Fsp3) is 0.714. The van der Waals surface area contributed by atoms with Crippen LogP contribution in [0.2, 0.25) is 0 Å². The minimum Gasteiger partial charge on any atom is -0.481 e. The number of carbonyl (C=O) groups excluding carboxylic acids is 1. The molecule has 0 aromatic heterocycles. The summed E-state index contributed by atoms with van der Waals surface area (Å²) in [6, 6.07) is 0. The van der Waals surface area contributed by atoms with Gasteiger partial charge in [0, 0.05) is 5.92 Å². The Morgan fingerprint density at radius 2 is 1.48 bits per heavy atom. The summed E-state index contributed by atoms with van der Waals surface area (Å²) >= 11 is 2.50. The van der Waals surface area contributed by atoms with Crippen LogP contribution in [-0.4, -0.2) is 39.8 Å². The van der Waals surface area contributed by atoms with Crippen molar-refractivity contribution in [3.63, 3.8) is 0 Å².